The molecule has 0 spiro atoms. The van der Waals surface area contributed by atoms with Crippen molar-refractivity contribution in [2.24, 2.45) is 0 Å². The van der Waals surface area contributed by atoms with E-state index < -0.39 is 68.0 Å². The number of sulfonamides is 1. The third-order valence-electron chi connectivity index (χ3n) is 7.28. The zero-order valence-corrected chi connectivity index (χ0v) is 24.3. The van der Waals surface area contributed by atoms with Gasteiger partial charge >= 0.3 is 5.97 Å². The van der Waals surface area contributed by atoms with E-state index in [4.69, 9.17) is 0 Å². The number of carboxylic acid groups (broad SMARTS) is 1. The summed E-state index contributed by atoms with van der Waals surface area (Å²) >= 11 is 1.29. The van der Waals surface area contributed by atoms with Crippen molar-refractivity contribution in [3.05, 3.63) is 65.7 Å². The number of nitrogens with zero attached hydrogens (tertiary/aromatic N) is 2. The zero-order chi connectivity index (χ0) is 29.6. The molecule has 3 N–H and O–H groups in total. The van der Waals surface area contributed by atoms with Crippen LogP contribution in [0.25, 0.3) is 0 Å². The molecule has 13 heteroatoms. The molecule has 2 fully saturated rings. The lowest BCUT2D eigenvalue weighted by atomic mass is 9.95. The smallest absolute Gasteiger partial charge is 0.327 e. The van der Waals surface area contributed by atoms with E-state index in [2.05, 4.69) is 10.6 Å². The van der Waals surface area contributed by atoms with Gasteiger partial charge in [-0.15, -0.1) is 11.8 Å². The van der Waals surface area contributed by atoms with E-state index in [1.165, 1.54) is 42.8 Å². The van der Waals surface area contributed by atoms with Crippen LogP contribution in [0.5, 0.6) is 0 Å². The van der Waals surface area contributed by atoms with Crippen LogP contribution < -0.4 is 10.6 Å². The molecule has 0 aliphatic carbocycles. The van der Waals surface area contributed by atoms with Crippen LogP contribution in [-0.4, -0.2) is 81.7 Å². The molecule has 3 amide bonds. The number of thioether (sulfide) groups is 1. The number of hydrogen-bond acceptors (Lipinski definition) is 7. The number of nitrogens with one attached hydrogen (secondary N) is 2. The number of carboxylic acids is 1. The van der Waals surface area contributed by atoms with E-state index in [9.17, 15) is 32.7 Å². The van der Waals surface area contributed by atoms with E-state index in [1.54, 1.807) is 56.3 Å². The number of β-lactam (4-membered cyclic amide) rings is 1. The fourth-order valence-electron chi connectivity index (χ4n) is 4.84. The second-order valence-corrected chi connectivity index (χ2v) is 14.2. The van der Waals surface area contributed by atoms with Crippen molar-refractivity contribution < 1.29 is 32.7 Å². The SMILES string of the molecule is Cc1ccc(S(=O)(=O)N(C)C(C)C(=O)NC(C(=O)NC2C(=O)N3[C@@H]2SC(C)(C)[C@@H]3C(=O)O)c2ccccc2)cc1. The Morgan fingerprint density at radius 1 is 1.05 bits per heavy atom. The maximum absolute atomic E-state index is 13.5. The standard InChI is InChI=1S/C27H32N4O7S2/c1-15-11-13-18(14-12-15)40(37,38)30(5)16(2)22(32)28-19(17-9-7-6-8-10-17)23(33)29-20-24(34)31-21(26(35)36)27(3,4)39-25(20)31/h6-14,16,19-21,25H,1-5H3,(H,28,32)(H,29,33)(H,35,36)/t16?,19?,20?,21-,25+/m0/s1. The average molecular weight is 589 g/mol. The number of likely N-dealkylation sites (N-methyl/N-ethyl adjacent to an activating group) is 1. The van der Waals surface area contributed by atoms with Crippen molar-refractivity contribution in [1.82, 2.24) is 19.8 Å². The van der Waals surface area contributed by atoms with Crippen LogP contribution in [0.2, 0.25) is 0 Å². The minimum Gasteiger partial charge on any atom is -0.480 e. The highest BCUT2D eigenvalue weighted by molar-refractivity contribution is 8.01. The number of fused-ring (bicyclic) bond motifs is 1. The third kappa shape index (κ3) is 5.32. The molecule has 40 heavy (non-hydrogen) atoms. The molecule has 2 aliphatic rings. The first kappa shape index (κ1) is 29.6. The van der Waals surface area contributed by atoms with Crippen molar-refractivity contribution in [3.63, 3.8) is 0 Å². The minimum absolute atomic E-state index is 0.0299. The fraction of sp³-hybridized carbons (Fsp3) is 0.407. The Hall–Kier alpha value is -3.42. The fourth-order valence-corrected chi connectivity index (χ4v) is 7.79. The molecule has 2 saturated heterocycles. The summed E-state index contributed by atoms with van der Waals surface area (Å²) in [5.41, 5.74) is 1.31. The molecule has 2 heterocycles. The van der Waals surface area contributed by atoms with Crippen LogP contribution in [0, 0.1) is 6.92 Å². The number of hydrogen-bond donors (Lipinski definition) is 3. The van der Waals surface area contributed by atoms with Gasteiger partial charge in [-0.2, -0.15) is 4.31 Å². The summed E-state index contributed by atoms with van der Waals surface area (Å²) in [6.45, 7) is 6.71. The summed E-state index contributed by atoms with van der Waals surface area (Å²) in [6.07, 6.45) is 0. The Bertz CT molecular complexity index is 1430. The van der Waals surface area contributed by atoms with Crippen LogP contribution in [0.15, 0.2) is 59.5 Å². The number of carbonyl (C=O) groups excluding carboxylic acids is 3. The predicted octanol–water partition coefficient (Wildman–Crippen LogP) is 1.49. The van der Waals surface area contributed by atoms with Gasteiger partial charge < -0.3 is 20.6 Å². The van der Waals surface area contributed by atoms with Gasteiger partial charge in [0, 0.05) is 11.8 Å². The highest BCUT2D eigenvalue weighted by Crippen LogP contribution is 2.50. The topological polar surface area (TPSA) is 153 Å². The largest absolute Gasteiger partial charge is 0.480 e. The number of benzene rings is 2. The van der Waals surface area contributed by atoms with E-state index in [1.807, 2.05) is 6.92 Å². The number of aliphatic carboxylic acids is 1. The van der Waals surface area contributed by atoms with Gasteiger partial charge in [0.15, 0.2) is 0 Å². The van der Waals surface area contributed by atoms with Crippen molar-refractivity contribution in [2.45, 2.75) is 66.9 Å². The average Bonchev–Trinajstić information content (AvgIpc) is 3.17. The Morgan fingerprint density at radius 2 is 1.65 bits per heavy atom. The first-order valence-electron chi connectivity index (χ1n) is 12.6. The maximum atomic E-state index is 13.5. The molecule has 0 bridgehead atoms. The summed E-state index contributed by atoms with van der Waals surface area (Å²) in [5, 5.41) is 14.4. The minimum atomic E-state index is -4.00. The molecule has 3 unspecified atom stereocenters. The van der Waals surface area contributed by atoms with Crippen molar-refractivity contribution in [1.29, 1.82) is 0 Å². The molecule has 2 aromatic carbocycles. The van der Waals surface area contributed by atoms with Gasteiger partial charge in [-0.05, 0) is 45.4 Å². The van der Waals surface area contributed by atoms with Crippen LogP contribution in [0.1, 0.15) is 37.9 Å². The quantitative estimate of drug-likeness (QED) is 0.373. The summed E-state index contributed by atoms with van der Waals surface area (Å²) in [5.74, 6) is -3.03. The molecule has 11 nitrogen and oxygen atoms in total. The van der Waals surface area contributed by atoms with Gasteiger partial charge in [-0.25, -0.2) is 13.2 Å². The monoisotopic (exact) mass is 588 g/mol. The Kier molecular flexibility index (Phi) is 8.03. The third-order valence-corrected chi connectivity index (χ3v) is 10.8. The molecule has 214 valence electrons. The molecule has 0 aromatic heterocycles. The lowest BCUT2D eigenvalue weighted by Gasteiger charge is -2.44. The van der Waals surface area contributed by atoms with Gasteiger partial charge in [0.05, 0.1) is 4.90 Å². The van der Waals surface area contributed by atoms with Crippen molar-refractivity contribution >= 4 is 45.5 Å². The van der Waals surface area contributed by atoms with Gasteiger partial charge in [0.1, 0.15) is 29.5 Å². The molecular weight excluding hydrogens is 556 g/mol. The van der Waals surface area contributed by atoms with Crippen LogP contribution >= 0.6 is 11.8 Å². The molecule has 2 aromatic rings. The van der Waals surface area contributed by atoms with Crippen molar-refractivity contribution in [2.75, 3.05) is 7.05 Å². The van der Waals surface area contributed by atoms with Gasteiger partial charge in [0.25, 0.3) is 0 Å². The molecule has 2 aliphatic heterocycles. The Labute approximate surface area is 237 Å². The number of carbonyl (C=O) groups is 4. The number of amides is 3. The van der Waals surface area contributed by atoms with Crippen molar-refractivity contribution in [3.8, 4) is 0 Å². The van der Waals surface area contributed by atoms with Crippen LogP contribution in [0.4, 0.5) is 0 Å². The van der Waals surface area contributed by atoms with E-state index >= 15 is 0 Å². The summed E-state index contributed by atoms with van der Waals surface area (Å²) < 4.78 is 26.4. The van der Waals surface area contributed by atoms with Gasteiger partial charge in [0.2, 0.25) is 27.7 Å². The zero-order valence-electron chi connectivity index (χ0n) is 22.7. The molecule has 4 rings (SSSR count). The summed E-state index contributed by atoms with van der Waals surface area (Å²) in [4.78, 5) is 52.8. The summed E-state index contributed by atoms with van der Waals surface area (Å²) in [7, 11) is -2.72. The van der Waals surface area contributed by atoms with E-state index in [-0.39, 0.29) is 4.90 Å². The Balaban J connectivity index is 1.52. The normalized spacial score (nSPS) is 23.1. The van der Waals surface area contributed by atoms with Gasteiger partial charge in [-0.1, -0.05) is 48.0 Å². The lowest BCUT2D eigenvalue weighted by Crippen LogP contribution is -2.71. The molecule has 0 radical (unpaired) electrons. The van der Waals surface area contributed by atoms with E-state index in [0.29, 0.717) is 5.56 Å². The number of rotatable bonds is 9. The Morgan fingerprint density at radius 3 is 2.23 bits per heavy atom. The highest BCUT2D eigenvalue weighted by atomic mass is 32.2. The summed E-state index contributed by atoms with van der Waals surface area (Å²) in [6, 6.07) is 10.2. The maximum Gasteiger partial charge on any atom is 0.327 e. The first-order chi connectivity index (χ1) is 18.7. The second kappa shape index (κ2) is 10.9. The molecule has 0 saturated carbocycles. The lowest BCUT2D eigenvalue weighted by molar-refractivity contribution is -0.161. The van der Waals surface area contributed by atoms with Gasteiger partial charge in [-0.3, -0.25) is 14.4 Å². The number of aryl methyl sites for hydroxylation is 1. The highest BCUT2D eigenvalue weighted by Gasteiger charge is 2.64. The second-order valence-electron chi connectivity index (χ2n) is 10.4. The predicted molar refractivity (Wildman–Crippen MR) is 149 cm³/mol. The van der Waals surface area contributed by atoms with E-state index in [0.717, 1.165) is 9.87 Å². The van der Waals surface area contributed by atoms with Crippen LogP contribution in [0.3, 0.4) is 0 Å². The first-order valence-corrected chi connectivity index (χ1v) is 14.9. The molecular formula is C27H32N4O7S2. The molecule has 5 atom stereocenters. The van der Waals surface area contributed by atoms with Crippen LogP contribution in [-0.2, 0) is 29.2 Å².